The van der Waals surface area contributed by atoms with Crippen LogP contribution >= 0.6 is 22.6 Å². The van der Waals surface area contributed by atoms with Gasteiger partial charge in [0.05, 0.1) is 5.97 Å². The van der Waals surface area contributed by atoms with E-state index in [1.165, 1.54) is 0 Å². The van der Waals surface area contributed by atoms with Gasteiger partial charge in [-0.15, -0.1) is 0 Å². The minimum atomic E-state index is -1.39. The Morgan fingerprint density at radius 1 is 1.38 bits per heavy atom. The summed E-state index contributed by atoms with van der Waals surface area (Å²) >= 11 is 2.16. The van der Waals surface area contributed by atoms with Crippen molar-refractivity contribution < 1.29 is 14.7 Å². The molecule has 0 unspecified atom stereocenters. The number of carbonyl (C=O) groups excluding carboxylic acids is 2. The number of aliphatic carboxylic acids is 1. The number of aryl methyl sites for hydroxylation is 1. The Hall–Kier alpha value is -1.37. The lowest BCUT2D eigenvalue weighted by atomic mass is 10.2. The lowest BCUT2D eigenvalue weighted by Crippen LogP contribution is -2.20. The molecule has 1 amide bonds. The first-order valence-corrected chi connectivity index (χ1v) is 5.53. The van der Waals surface area contributed by atoms with E-state index in [0.29, 0.717) is 11.8 Å². The molecule has 5 heteroatoms. The quantitative estimate of drug-likeness (QED) is 0.660. The van der Waals surface area contributed by atoms with Gasteiger partial charge in [0, 0.05) is 15.3 Å². The summed E-state index contributed by atoms with van der Waals surface area (Å²) in [7, 11) is 0. The van der Waals surface area contributed by atoms with Crippen LogP contribution in [0.4, 0.5) is 5.69 Å². The molecule has 0 aliphatic rings. The van der Waals surface area contributed by atoms with Crippen LogP contribution in [0.5, 0.6) is 0 Å². The molecule has 0 saturated heterocycles. The molecule has 0 bridgehead atoms. The smallest absolute Gasteiger partial charge is 0.248 e. The van der Waals surface area contributed by atoms with Crippen molar-refractivity contribution in [2.24, 2.45) is 0 Å². The van der Waals surface area contributed by atoms with E-state index in [9.17, 15) is 14.7 Å². The van der Waals surface area contributed by atoms with Gasteiger partial charge >= 0.3 is 0 Å². The first-order chi connectivity index (χ1) is 7.49. The van der Waals surface area contributed by atoms with E-state index >= 15 is 0 Å². The van der Waals surface area contributed by atoms with Crippen LogP contribution in [0.15, 0.2) is 30.4 Å². The number of nitrogens with one attached hydrogen (secondary N) is 1. The topological polar surface area (TPSA) is 69.2 Å². The average molecular weight is 330 g/mol. The second-order valence-electron chi connectivity index (χ2n) is 3.11. The molecule has 1 N–H and O–H groups in total. The predicted octanol–water partition coefficient (Wildman–Crippen LogP) is 0.844. The minimum Gasteiger partial charge on any atom is -0.545 e. The molecule has 0 radical (unpaired) electrons. The van der Waals surface area contributed by atoms with Crippen molar-refractivity contribution in [3.63, 3.8) is 0 Å². The maximum absolute atomic E-state index is 11.2. The van der Waals surface area contributed by atoms with Crippen molar-refractivity contribution in [1.82, 2.24) is 0 Å². The van der Waals surface area contributed by atoms with Gasteiger partial charge < -0.3 is 15.2 Å². The zero-order chi connectivity index (χ0) is 12.1. The van der Waals surface area contributed by atoms with Gasteiger partial charge in [-0.25, -0.2) is 0 Å². The number of halogens is 1. The van der Waals surface area contributed by atoms with Crippen LogP contribution in [-0.2, 0) is 9.59 Å². The van der Waals surface area contributed by atoms with Crippen LogP contribution in [0.3, 0.4) is 0 Å². The number of benzene rings is 1. The van der Waals surface area contributed by atoms with E-state index in [-0.39, 0.29) is 0 Å². The number of anilines is 1. The fourth-order valence-electron chi connectivity index (χ4n) is 0.998. The van der Waals surface area contributed by atoms with Crippen LogP contribution in [0, 0.1) is 10.5 Å². The molecule has 84 valence electrons. The molecular formula is C11H9INO3-. The monoisotopic (exact) mass is 330 g/mol. The van der Waals surface area contributed by atoms with Gasteiger partial charge in [-0.2, -0.15) is 0 Å². The summed E-state index contributed by atoms with van der Waals surface area (Å²) in [6, 6.07) is 5.43. The Morgan fingerprint density at radius 2 is 2.06 bits per heavy atom. The Balaban J connectivity index is 2.70. The molecule has 1 rings (SSSR count). The van der Waals surface area contributed by atoms with Crippen molar-refractivity contribution in [2.75, 3.05) is 5.32 Å². The molecule has 1 aromatic carbocycles. The van der Waals surface area contributed by atoms with E-state index in [1.54, 1.807) is 12.1 Å². The van der Waals surface area contributed by atoms with Crippen molar-refractivity contribution in [2.45, 2.75) is 6.92 Å². The molecule has 0 fully saturated rings. The number of carboxylic acid groups (broad SMARTS) is 1. The third-order valence-corrected chi connectivity index (χ3v) is 2.97. The van der Waals surface area contributed by atoms with Crippen LogP contribution in [0.25, 0.3) is 0 Å². The Kier molecular flexibility index (Phi) is 4.48. The van der Waals surface area contributed by atoms with Crippen molar-refractivity contribution in [3.05, 3.63) is 39.5 Å². The third-order valence-electron chi connectivity index (χ3n) is 1.81. The van der Waals surface area contributed by atoms with E-state index in [4.69, 9.17) is 0 Å². The normalized spacial score (nSPS) is 10.4. The largest absolute Gasteiger partial charge is 0.545 e. The highest BCUT2D eigenvalue weighted by Crippen LogP contribution is 2.16. The zero-order valence-corrected chi connectivity index (χ0v) is 10.6. The first-order valence-electron chi connectivity index (χ1n) is 4.45. The van der Waals surface area contributed by atoms with Gasteiger partial charge in [-0.1, -0.05) is 6.07 Å². The predicted molar refractivity (Wildman–Crippen MR) is 66.7 cm³/mol. The highest BCUT2D eigenvalue weighted by atomic mass is 127. The highest BCUT2D eigenvalue weighted by molar-refractivity contribution is 14.1. The SMILES string of the molecule is Cc1ccc(NC(=O)/C=C\C(=O)[O-])cc1I. The van der Waals surface area contributed by atoms with Gasteiger partial charge in [0.1, 0.15) is 0 Å². The summed E-state index contributed by atoms with van der Waals surface area (Å²) < 4.78 is 1.03. The number of rotatable bonds is 3. The van der Waals surface area contributed by atoms with E-state index in [1.807, 2.05) is 13.0 Å². The fraction of sp³-hybridized carbons (Fsp3) is 0.0909. The number of carbonyl (C=O) groups is 2. The molecule has 0 aromatic heterocycles. The van der Waals surface area contributed by atoms with Gasteiger partial charge in [0.25, 0.3) is 0 Å². The minimum absolute atomic E-state index is 0.496. The van der Waals surface area contributed by atoms with Gasteiger partial charge in [-0.3, -0.25) is 4.79 Å². The number of carboxylic acids is 1. The summed E-state index contributed by atoms with van der Waals surface area (Å²) in [5, 5.41) is 12.6. The maximum Gasteiger partial charge on any atom is 0.248 e. The van der Waals surface area contributed by atoms with Crippen molar-refractivity contribution in [1.29, 1.82) is 0 Å². The van der Waals surface area contributed by atoms with E-state index in [2.05, 4.69) is 27.9 Å². The fourth-order valence-corrected chi connectivity index (χ4v) is 1.51. The molecule has 0 saturated carbocycles. The molecule has 0 heterocycles. The van der Waals surface area contributed by atoms with Crippen LogP contribution in [-0.4, -0.2) is 11.9 Å². The number of hydrogen-bond acceptors (Lipinski definition) is 3. The molecule has 0 aliphatic carbocycles. The summed E-state index contributed by atoms with van der Waals surface area (Å²) in [6.07, 6.45) is 1.61. The maximum atomic E-state index is 11.2. The van der Waals surface area contributed by atoms with Gasteiger partial charge in [0.15, 0.2) is 0 Å². The van der Waals surface area contributed by atoms with Gasteiger partial charge in [-0.05, 0) is 53.3 Å². The lowest BCUT2D eigenvalue weighted by molar-refractivity contribution is -0.297. The molecule has 0 aliphatic heterocycles. The van der Waals surface area contributed by atoms with E-state index in [0.717, 1.165) is 15.2 Å². The Morgan fingerprint density at radius 3 is 2.62 bits per heavy atom. The molecule has 4 nitrogen and oxygen atoms in total. The zero-order valence-electron chi connectivity index (χ0n) is 8.49. The summed E-state index contributed by atoms with van der Waals surface area (Å²) in [4.78, 5) is 21.3. The first kappa shape index (κ1) is 12.7. The standard InChI is InChI=1S/C11H10INO3/c1-7-2-3-8(6-9(7)12)13-10(14)4-5-11(15)16/h2-6H,1H3,(H,13,14)(H,15,16)/p-1/b5-4-. The number of amides is 1. The molecular weight excluding hydrogens is 321 g/mol. The van der Waals surface area contributed by atoms with Crippen LogP contribution in [0.2, 0.25) is 0 Å². The summed E-state index contributed by atoms with van der Waals surface area (Å²) in [5.41, 5.74) is 1.74. The molecule has 1 aromatic rings. The number of hydrogen-bond donors (Lipinski definition) is 1. The lowest BCUT2D eigenvalue weighted by Gasteiger charge is -2.04. The van der Waals surface area contributed by atoms with Crippen molar-refractivity contribution >= 4 is 40.2 Å². The summed E-state index contributed by atoms with van der Waals surface area (Å²) in [6.45, 7) is 1.96. The van der Waals surface area contributed by atoms with Crippen LogP contribution < -0.4 is 10.4 Å². The Bertz CT molecular complexity index is 455. The summed E-state index contributed by atoms with van der Waals surface area (Å²) in [5.74, 6) is -1.89. The molecule has 0 atom stereocenters. The Labute approximate surface area is 106 Å². The third kappa shape index (κ3) is 4.01. The highest BCUT2D eigenvalue weighted by Gasteiger charge is 2.00. The second kappa shape index (κ2) is 5.64. The van der Waals surface area contributed by atoms with Gasteiger partial charge in [0.2, 0.25) is 5.91 Å². The van der Waals surface area contributed by atoms with Crippen LogP contribution in [0.1, 0.15) is 5.56 Å². The second-order valence-corrected chi connectivity index (χ2v) is 4.27. The molecule has 16 heavy (non-hydrogen) atoms. The molecule has 0 spiro atoms. The average Bonchev–Trinajstić information content (AvgIpc) is 2.21. The van der Waals surface area contributed by atoms with Crippen molar-refractivity contribution in [3.8, 4) is 0 Å². The van der Waals surface area contributed by atoms with E-state index < -0.39 is 11.9 Å².